The largest absolute Gasteiger partial charge is 0.492 e. The van der Waals surface area contributed by atoms with E-state index in [2.05, 4.69) is 23.1 Å². The standard InChI is InChI=1S/C26H27Cl2NO3.ClH/c27-22-14-19(18-3-4-18)15-23(28)20(22)5-1-17-2-6-21-24(13-17)32-16-26(21)8-11-29(12-9-26)10-7-25(30)31;/h1-2,5-6,13-15,18H,3-4,7-12,16H2,(H,30,31);1H/b5-1+;. The average Bonchev–Trinajstić information content (AvgIpc) is 3.57. The number of rotatable bonds is 6. The van der Waals surface area contributed by atoms with Gasteiger partial charge < -0.3 is 14.7 Å². The molecule has 0 atom stereocenters. The number of ether oxygens (including phenoxy) is 1. The predicted molar refractivity (Wildman–Crippen MR) is 136 cm³/mol. The summed E-state index contributed by atoms with van der Waals surface area (Å²) < 4.78 is 6.12. The topological polar surface area (TPSA) is 49.8 Å². The lowest BCUT2D eigenvalue weighted by Crippen LogP contribution is -2.44. The molecule has 33 heavy (non-hydrogen) atoms. The Hall–Kier alpha value is -1.72. The first-order valence-electron chi connectivity index (χ1n) is 11.3. The smallest absolute Gasteiger partial charge is 0.304 e. The molecule has 0 aromatic heterocycles. The molecule has 0 unspecified atom stereocenters. The number of carboxylic acids is 1. The molecule has 1 saturated heterocycles. The lowest BCUT2D eigenvalue weighted by Gasteiger charge is -2.38. The van der Waals surface area contributed by atoms with Crippen molar-refractivity contribution in [1.29, 1.82) is 0 Å². The SMILES string of the molecule is Cl.O=C(O)CCN1CCC2(CC1)COc1cc(/C=C/c3c(Cl)cc(C4CC4)cc3Cl)ccc12. The van der Waals surface area contributed by atoms with Gasteiger partial charge in [0.15, 0.2) is 0 Å². The molecule has 4 nitrogen and oxygen atoms in total. The van der Waals surface area contributed by atoms with Gasteiger partial charge in [-0.25, -0.2) is 0 Å². The van der Waals surface area contributed by atoms with Crippen LogP contribution in [0.25, 0.3) is 12.2 Å². The third kappa shape index (κ3) is 5.19. The van der Waals surface area contributed by atoms with Crippen LogP contribution in [0.3, 0.4) is 0 Å². The van der Waals surface area contributed by atoms with E-state index >= 15 is 0 Å². The Balaban J connectivity index is 0.00000259. The number of hydrogen-bond acceptors (Lipinski definition) is 3. The molecule has 176 valence electrons. The van der Waals surface area contributed by atoms with Crippen molar-refractivity contribution < 1.29 is 14.6 Å². The molecule has 2 fully saturated rings. The van der Waals surface area contributed by atoms with E-state index in [4.69, 9.17) is 33.0 Å². The zero-order valence-corrected chi connectivity index (χ0v) is 20.7. The zero-order chi connectivity index (χ0) is 22.3. The number of carboxylic acid groups (broad SMARTS) is 1. The van der Waals surface area contributed by atoms with Crippen molar-refractivity contribution in [3.8, 4) is 5.75 Å². The number of fused-ring (bicyclic) bond motifs is 2. The number of carbonyl (C=O) groups is 1. The molecular weight excluding hydrogens is 481 g/mol. The predicted octanol–water partition coefficient (Wildman–Crippen LogP) is 6.66. The Morgan fingerprint density at radius 1 is 1.12 bits per heavy atom. The van der Waals surface area contributed by atoms with Crippen molar-refractivity contribution in [1.82, 2.24) is 4.90 Å². The van der Waals surface area contributed by atoms with Gasteiger partial charge in [0.05, 0.1) is 13.0 Å². The Bertz CT molecular complexity index is 1050. The number of hydrogen-bond donors (Lipinski definition) is 1. The van der Waals surface area contributed by atoms with E-state index in [1.165, 1.54) is 24.0 Å². The van der Waals surface area contributed by atoms with Gasteiger partial charge in [-0.15, -0.1) is 12.4 Å². The van der Waals surface area contributed by atoms with Gasteiger partial charge in [-0.2, -0.15) is 0 Å². The lowest BCUT2D eigenvalue weighted by atomic mass is 9.74. The molecule has 2 heterocycles. The van der Waals surface area contributed by atoms with E-state index in [1.54, 1.807) is 0 Å². The maximum Gasteiger partial charge on any atom is 0.304 e. The van der Waals surface area contributed by atoms with Crippen molar-refractivity contribution in [2.24, 2.45) is 0 Å². The van der Waals surface area contributed by atoms with E-state index < -0.39 is 5.97 Å². The summed E-state index contributed by atoms with van der Waals surface area (Å²) >= 11 is 13.0. The average molecular weight is 509 g/mol. The second-order valence-electron chi connectivity index (χ2n) is 9.32. The van der Waals surface area contributed by atoms with Gasteiger partial charge in [0.25, 0.3) is 0 Å². The zero-order valence-electron chi connectivity index (χ0n) is 18.4. The van der Waals surface area contributed by atoms with E-state index in [-0.39, 0.29) is 24.2 Å². The molecule has 1 spiro atoms. The van der Waals surface area contributed by atoms with Crippen molar-refractivity contribution in [3.05, 3.63) is 62.6 Å². The molecule has 2 aromatic rings. The van der Waals surface area contributed by atoms with Crippen LogP contribution in [-0.4, -0.2) is 42.2 Å². The molecule has 0 radical (unpaired) electrons. The molecule has 0 amide bonds. The molecule has 3 aliphatic rings. The number of aliphatic carboxylic acids is 1. The maximum atomic E-state index is 10.8. The van der Waals surface area contributed by atoms with Crippen LogP contribution in [-0.2, 0) is 10.2 Å². The lowest BCUT2D eigenvalue weighted by molar-refractivity contribution is -0.137. The van der Waals surface area contributed by atoms with Gasteiger partial charge in [-0.05, 0) is 74.0 Å². The number of nitrogens with zero attached hydrogens (tertiary/aromatic N) is 1. The highest BCUT2D eigenvalue weighted by atomic mass is 35.5. The Labute approximate surface area is 210 Å². The minimum Gasteiger partial charge on any atom is -0.492 e. The summed E-state index contributed by atoms with van der Waals surface area (Å²) in [4.78, 5) is 13.1. The van der Waals surface area contributed by atoms with Gasteiger partial charge in [0.1, 0.15) is 5.75 Å². The summed E-state index contributed by atoms with van der Waals surface area (Å²) in [7, 11) is 0. The molecule has 2 aromatic carbocycles. The third-order valence-electron chi connectivity index (χ3n) is 7.13. The molecule has 1 N–H and O–H groups in total. The highest BCUT2D eigenvalue weighted by Crippen LogP contribution is 2.46. The molecular formula is C26H28Cl3NO3. The fourth-order valence-electron chi connectivity index (χ4n) is 4.96. The van der Waals surface area contributed by atoms with Crippen LogP contribution in [0, 0.1) is 0 Å². The molecule has 5 rings (SSSR count). The second-order valence-corrected chi connectivity index (χ2v) is 10.1. The Morgan fingerprint density at radius 3 is 2.45 bits per heavy atom. The fourth-order valence-corrected chi connectivity index (χ4v) is 5.59. The number of likely N-dealkylation sites (tertiary alicyclic amines) is 1. The highest BCUT2D eigenvalue weighted by Gasteiger charge is 2.42. The van der Waals surface area contributed by atoms with Crippen molar-refractivity contribution in [2.75, 3.05) is 26.2 Å². The number of halogens is 3. The molecule has 7 heteroatoms. The van der Waals surface area contributed by atoms with Crippen LogP contribution in [0.2, 0.25) is 10.0 Å². The fraction of sp³-hybridized carbons (Fsp3) is 0.423. The van der Waals surface area contributed by atoms with Crippen LogP contribution in [0.15, 0.2) is 30.3 Å². The van der Waals surface area contributed by atoms with Crippen LogP contribution >= 0.6 is 35.6 Å². The summed E-state index contributed by atoms with van der Waals surface area (Å²) in [5, 5.41) is 10.3. The highest BCUT2D eigenvalue weighted by molar-refractivity contribution is 6.37. The monoisotopic (exact) mass is 507 g/mol. The summed E-state index contributed by atoms with van der Waals surface area (Å²) in [6.07, 6.45) is 8.65. The van der Waals surface area contributed by atoms with Crippen molar-refractivity contribution in [3.63, 3.8) is 0 Å². The van der Waals surface area contributed by atoms with Crippen LogP contribution in [0.5, 0.6) is 5.75 Å². The summed E-state index contributed by atoms with van der Waals surface area (Å²) in [6.45, 7) is 3.13. The Morgan fingerprint density at radius 2 is 1.82 bits per heavy atom. The summed E-state index contributed by atoms with van der Waals surface area (Å²) in [5.41, 5.74) is 4.46. The van der Waals surface area contributed by atoms with E-state index in [1.807, 2.05) is 24.3 Å². The summed E-state index contributed by atoms with van der Waals surface area (Å²) in [5.74, 6) is 0.836. The van der Waals surface area contributed by atoms with Gasteiger partial charge in [-0.3, -0.25) is 4.79 Å². The van der Waals surface area contributed by atoms with E-state index in [9.17, 15) is 4.79 Å². The van der Waals surface area contributed by atoms with Crippen molar-refractivity contribution in [2.45, 2.75) is 43.4 Å². The minimum absolute atomic E-state index is 0. The molecule has 0 bridgehead atoms. The van der Waals surface area contributed by atoms with Crippen molar-refractivity contribution >= 4 is 53.7 Å². The van der Waals surface area contributed by atoms with Gasteiger partial charge >= 0.3 is 5.97 Å². The van der Waals surface area contributed by atoms with E-state index in [0.717, 1.165) is 42.8 Å². The molecule has 1 aliphatic carbocycles. The second kappa shape index (κ2) is 9.87. The van der Waals surface area contributed by atoms with Gasteiger partial charge in [0.2, 0.25) is 0 Å². The Kier molecular flexibility index (Phi) is 7.30. The van der Waals surface area contributed by atoms with E-state index in [0.29, 0.717) is 29.1 Å². The first kappa shape index (κ1) is 24.4. The number of piperidine rings is 1. The van der Waals surface area contributed by atoms with Gasteiger partial charge in [-0.1, -0.05) is 47.5 Å². The summed E-state index contributed by atoms with van der Waals surface area (Å²) in [6, 6.07) is 10.5. The minimum atomic E-state index is -0.734. The normalized spacial score (nSPS) is 19.3. The van der Waals surface area contributed by atoms with Crippen LogP contribution in [0.1, 0.15) is 60.3 Å². The van der Waals surface area contributed by atoms with Crippen LogP contribution < -0.4 is 4.74 Å². The van der Waals surface area contributed by atoms with Crippen LogP contribution in [0.4, 0.5) is 0 Å². The first-order chi connectivity index (χ1) is 15.4. The number of benzene rings is 2. The molecule has 1 saturated carbocycles. The first-order valence-corrected chi connectivity index (χ1v) is 12.1. The van der Waals surface area contributed by atoms with Gasteiger partial charge in [0, 0.05) is 33.1 Å². The third-order valence-corrected chi connectivity index (χ3v) is 7.75. The maximum absolute atomic E-state index is 10.8. The molecule has 2 aliphatic heterocycles. The quantitative estimate of drug-likeness (QED) is 0.443.